The normalized spacial score (nSPS) is 12.8. The lowest BCUT2D eigenvalue weighted by molar-refractivity contribution is 0.581. The molecule has 84 valence electrons. The second kappa shape index (κ2) is 6.51. The van der Waals surface area contributed by atoms with Crippen molar-refractivity contribution in [1.29, 1.82) is 0 Å². The highest BCUT2D eigenvalue weighted by Crippen LogP contribution is 2.27. The Balaban J connectivity index is 2.61. The van der Waals surface area contributed by atoms with Crippen LogP contribution in [0.1, 0.15) is 44.2 Å². The highest BCUT2D eigenvalue weighted by atomic mass is 79.9. The van der Waals surface area contributed by atoms with Crippen molar-refractivity contribution in [2.45, 2.75) is 38.6 Å². The van der Waals surface area contributed by atoms with Crippen molar-refractivity contribution in [2.24, 2.45) is 5.73 Å². The minimum Gasteiger partial charge on any atom is -0.324 e. The molecule has 0 fully saturated rings. The number of unbranched alkanes of at least 4 members (excludes halogenated alkanes) is 2. The molecule has 0 heterocycles. The summed E-state index contributed by atoms with van der Waals surface area (Å²) in [5.74, 6) is 0. The first kappa shape index (κ1) is 13.0. The van der Waals surface area contributed by atoms with Crippen LogP contribution in [0.5, 0.6) is 0 Å². The third kappa shape index (κ3) is 4.13. The van der Waals surface area contributed by atoms with Crippen molar-refractivity contribution in [3.05, 3.63) is 33.3 Å². The first-order chi connectivity index (χ1) is 7.15. The van der Waals surface area contributed by atoms with E-state index in [9.17, 15) is 0 Å². The lowest BCUT2D eigenvalue weighted by Gasteiger charge is -2.13. The van der Waals surface area contributed by atoms with Crippen molar-refractivity contribution in [1.82, 2.24) is 0 Å². The zero-order valence-electron chi connectivity index (χ0n) is 8.97. The fraction of sp³-hybridized carbons (Fsp3) is 0.500. The predicted molar refractivity (Wildman–Crippen MR) is 70.2 cm³/mol. The highest BCUT2D eigenvalue weighted by molar-refractivity contribution is 9.10. The highest BCUT2D eigenvalue weighted by Gasteiger charge is 2.09. The smallest absolute Gasteiger partial charge is 0.0464 e. The van der Waals surface area contributed by atoms with E-state index in [1.807, 2.05) is 18.2 Å². The number of hydrogen-bond acceptors (Lipinski definition) is 1. The van der Waals surface area contributed by atoms with Crippen molar-refractivity contribution in [2.75, 3.05) is 0 Å². The third-order valence-corrected chi connectivity index (χ3v) is 3.30. The van der Waals surface area contributed by atoms with Crippen molar-refractivity contribution >= 4 is 27.5 Å². The van der Waals surface area contributed by atoms with Gasteiger partial charge in [-0.1, -0.05) is 59.8 Å². The minimum absolute atomic E-state index is 0.0668. The molecule has 1 aromatic rings. The van der Waals surface area contributed by atoms with Gasteiger partial charge < -0.3 is 5.73 Å². The molecule has 0 unspecified atom stereocenters. The minimum atomic E-state index is 0.0668. The Kier molecular flexibility index (Phi) is 5.65. The van der Waals surface area contributed by atoms with Gasteiger partial charge in [-0.15, -0.1) is 0 Å². The molecule has 0 aliphatic rings. The monoisotopic (exact) mass is 289 g/mol. The van der Waals surface area contributed by atoms with E-state index in [0.29, 0.717) is 0 Å². The largest absolute Gasteiger partial charge is 0.324 e. The van der Waals surface area contributed by atoms with Crippen LogP contribution in [0.25, 0.3) is 0 Å². The van der Waals surface area contributed by atoms with Crippen LogP contribution in [0.15, 0.2) is 22.7 Å². The first-order valence-electron chi connectivity index (χ1n) is 5.35. The maximum absolute atomic E-state index is 6.13. The molecule has 1 nitrogen and oxygen atoms in total. The Morgan fingerprint density at radius 2 is 2.13 bits per heavy atom. The number of nitrogens with two attached hydrogens (primary N) is 1. The van der Waals surface area contributed by atoms with Crippen LogP contribution in [0.3, 0.4) is 0 Å². The summed E-state index contributed by atoms with van der Waals surface area (Å²) in [7, 11) is 0. The van der Waals surface area contributed by atoms with Gasteiger partial charge in [0, 0.05) is 15.5 Å². The van der Waals surface area contributed by atoms with E-state index in [1.165, 1.54) is 19.3 Å². The summed E-state index contributed by atoms with van der Waals surface area (Å²) in [5.41, 5.74) is 7.14. The third-order valence-electron chi connectivity index (χ3n) is 2.48. The molecule has 0 radical (unpaired) electrons. The lowest BCUT2D eigenvalue weighted by Crippen LogP contribution is -2.10. The van der Waals surface area contributed by atoms with E-state index in [-0.39, 0.29) is 6.04 Å². The molecule has 0 amide bonds. The fourth-order valence-corrected chi connectivity index (χ4v) is 2.39. The molecule has 0 saturated heterocycles. The summed E-state index contributed by atoms with van der Waals surface area (Å²) in [6.07, 6.45) is 4.64. The van der Waals surface area contributed by atoms with Gasteiger partial charge in [0.1, 0.15) is 0 Å². The van der Waals surface area contributed by atoms with E-state index < -0.39 is 0 Å². The molecular formula is C12H17BrClN. The SMILES string of the molecule is CCCCC[C@H](N)c1ccc(Br)cc1Cl. The molecule has 0 saturated carbocycles. The molecule has 0 aliphatic heterocycles. The van der Waals surface area contributed by atoms with Gasteiger partial charge in [-0.05, 0) is 24.1 Å². The van der Waals surface area contributed by atoms with E-state index >= 15 is 0 Å². The number of benzene rings is 1. The Morgan fingerprint density at radius 1 is 1.40 bits per heavy atom. The fourth-order valence-electron chi connectivity index (χ4n) is 1.57. The van der Waals surface area contributed by atoms with Crippen molar-refractivity contribution in [3.8, 4) is 0 Å². The molecule has 0 aromatic heterocycles. The molecule has 1 aromatic carbocycles. The van der Waals surface area contributed by atoms with Crippen LogP contribution in [-0.2, 0) is 0 Å². The van der Waals surface area contributed by atoms with Gasteiger partial charge in [0.15, 0.2) is 0 Å². The van der Waals surface area contributed by atoms with Gasteiger partial charge >= 0.3 is 0 Å². The molecule has 0 bridgehead atoms. The van der Waals surface area contributed by atoms with Crippen LogP contribution >= 0.6 is 27.5 Å². The zero-order valence-corrected chi connectivity index (χ0v) is 11.3. The van der Waals surface area contributed by atoms with E-state index in [0.717, 1.165) is 21.5 Å². The molecule has 2 N–H and O–H groups in total. The number of halogens is 2. The van der Waals surface area contributed by atoms with Crippen LogP contribution in [0, 0.1) is 0 Å². The summed E-state index contributed by atoms with van der Waals surface area (Å²) in [4.78, 5) is 0. The Labute approximate surface area is 105 Å². The molecule has 3 heteroatoms. The molecule has 0 aliphatic carbocycles. The maximum Gasteiger partial charge on any atom is 0.0464 e. The average Bonchev–Trinajstić information content (AvgIpc) is 2.17. The van der Waals surface area contributed by atoms with Crippen molar-refractivity contribution < 1.29 is 0 Å². The second-order valence-corrected chi connectivity index (χ2v) is 5.09. The summed E-state index contributed by atoms with van der Waals surface area (Å²) >= 11 is 9.51. The Bertz CT molecular complexity index is 314. The maximum atomic E-state index is 6.13. The molecule has 1 atom stereocenters. The number of rotatable bonds is 5. The summed E-state index contributed by atoms with van der Waals surface area (Å²) < 4.78 is 0.997. The zero-order chi connectivity index (χ0) is 11.3. The number of hydrogen-bond donors (Lipinski definition) is 1. The van der Waals surface area contributed by atoms with Gasteiger partial charge in [0.05, 0.1) is 0 Å². The molecule has 15 heavy (non-hydrogen) atoms. The van der Waals surface area contributed by atoms with E-state index in [1.54, 1.807) is 0 Å². The van der Waals surface area contributed by atoms with E-state index in [4.69, 9.17) is 17.3 Å². The van der Waals surface area contributed by atoms with Gasteiger partial charge in [-0.2, -0.15) is 0 Å². The molecular weight excluding hydrogens is 273 g/mol. The van der Waals surface area contributed by atoms with Crippen LogP contribution in [-0.4, -0.2) is 0 Å². The summed E-state index contributed by atoms with van der Waals surface area (Å²) in [5, 5.41) is 0.758. The van der Waals surface area contributed by atoms with E-state index in [2.05, 4.69) is 22.9 Å². The predicted octanol–water partition coefficient (Wildman–Crippen LogP) is 4.68. The van der Waals surface area contributed by atoms with Crippen LogP contribution in [0.4, 0.5) is 0 Å². The van der Waals surface area contributed by atoms with Crippen LogP contribution < -0.4 is 5.73 Å². The second-order valence-electron chi connectivity index (χ2n) is 3.77. The van der Waals surface area contributed by atoms with Gasteiger partial charge in [-0.3, -0.25) is 0 Å². The van der Waals surface area contributed by atoms with Gasteiger partial charge in [0.25, 0.3) is 0 Å². The van der Waals surface area contributed by atoms with Crippen molar-refractivity contribution in [3.63, 3.8) is 0 Å². The first-order valence-corrected chi connectivity index (χ1v) is 6.52. The standard InChI is InChI=1S/C12H17BrClN/c1-2-3-4-5-12(15)10-7-6-9(13)8-11(10)14/h6-8,12H,2-5,15H2,1H3/t12-/m0/s1. The lowest BCUT2D eigenvalue weighted by atomic mass is 10.0. The Morgan fingerprint density at radius 3 is 2.73 bits per heavy atom. The molecule has 1 rings (SSSR count). The average molecular weight is 291 g/mol. The Hall–Kier alpha value is -0.0500. The molecule has 0 spiro atoms. The van der Waals surface area contributed by atoms with Gasteiger partial charge in [0.2, 0.25) is 0 Å². The summed E-state index contributed by atoms with van der Waals surface area (Å²) in [6.45, 7) is 2.19. The van der Waals surface area contributed by atoms with Gasteiger partial charge in [-0.25, -0.2) is 0 Å². The summed E-state index contributed by atoms with van der Waals surface area (Å²) in [6, 6.07) is 5.96. The quantitative estimate of drug-likeness (QED) is 0.783. The topological polar surface area (TPSA) is 26.0 Å². The van der Waals surface area contributed by atoms with Crippen LogP contribution in [0.2, 0.25) is 5.02 Å².